The van der Waals surface area contributed by atoms with E-state index < -0.39 is 0 Å². The fourth-order valence-corrected chi connectivity index (χ4v) is 2.47. The van der Waals surface area contributed by atoms with E-state index in [1.165, 1.54) is 6.07 Å². The summed E-state index contributed by atoms with van der Waals surface area (Å²) in [7, 11) is 4.00. The third kappa shape index (κ3) is 3.44. The molecule has 0 aliphatic carbocycles. The SMILES string of the molecule is CN(C)c1ccc(COc2cccc(F)c2C2=NCCN2)cc1. The Morgan fingerprint density at radius 1 is 1.17 bits per heavy atom. The van der Waals surface area contributed by atoms with Gasteiger partial charge in [-0.15, -0.1) is 0 Å². The summed E-state index contributed by atoms with van der Waals surface area (Å²) in [5, 5.41) is 3.10. The zero-order chi connectivity index (χ0) is 16.2. The number of aliphatic imine (C=N–C) groups is 1. The number of hydrogen-bond acceptors (Lipinski definition) is 4. The first-order valence-electron chi connectivity index (χ1n) is 7.61. The maximum Gasteiger partial charge on any atom is 0.137 e. The molecule has 120 valence electrons. The molecule has 0 unspecified atom stereocenters. The van der Waals surface area contributed by atoms with Gasteiger partial charge in [0.2, 0.25) is 0 Å². The second-order valence-corrected chi connectivity index (χ2v) is 5.62. The second-order valence-electron chi connectivity index (χ2n) is 5.62. The molecular formula is C18H20FN3O. The standard InChI is InChI=1S/C18H20FN3O/c1-22(2)14-8-6-13(7-9-14)12-23-16-5-3-4-15(19)17(16)18-20-10-11-21-18/h3-9H,10-12H2,1-2H3,(H,20,21). The molecule has 0 fully saturated rings. The number of rotatable bonds is 5. The molecule has 0 saturated carbocycles. The van der Waals surface area contributed by atoms with Crippen LogP contribution in [0.1, 0.15) is 11.1 Å². The Kier molecular flexibility index (Phi) is 4.46. The molecule has 1 N–H and O–H groups in total. The predicted molar refractivity (Wildman–Crippen MR) is 90.9 cm³/mol. The lowest BCUT2D eigenvalue weighted by atomic mass is 10.1. The molecule has 0 amide bonds. The number of amidine groups is 1. The van der Waals surface area contributed by atoms with Crippen molar-refractivity contribution >= 4 is 11.5 Å². The highest BCUT2D eigenvalue weighted by molar-refractivity contribution is 6.02. The molecule has 3 rings (SSSR count). The van der Waals surface area contributed by atoms with Crippen molar-refractivity contribution in [2.75, 3.05) is 32.1 Å². The molecular weight excluding hydrogens is 293 g/mol. The molecule has 23 heavy (non-hydrogen) atoms. The lowest BCUT2D eigenvalue weighted by Crippen LogP contribution is -2.21. The normalized spacial score (nSPS) is 13.4. The number of nitrogens with one attached hydrogen (secondary N) is 1. The average molecular weight is 313 g/mol. The van der Waals surface area contributed by atoms with Crippen molar-refractivity contribution in [3.8, 4) is 5.75 Å². The molecule has 1 aliphatic rings. The number of hydrogen-bond donors (Lipinski definition) is 1. The van der Waals surface area contributed by atoms with Crippen molar-refractivity contribution in [1.29, 1.82) is 0 Å². The fraction of sp³-hybridized carbons (Fsp3) is 0.278. The van der Waals surface area contributed by atoms with Crippen molar-refractivity contribution < 1.29 is 9.13 Å². The number of nitrogens with zero attached hydrogens (tertiary/aromatic N) is 2. The lowest BCUT2D eigenvalue weighted by molar-refractivity contribution is 0.304. The summed E-state index contributed by atoms with van der Waals surface area (Å²) < 4.78 is 20.0. The molecule has 0 atom stereocenters. The summed E-state index contributed by atoms with van der Waals surface area (Å²) in [5.74, 6) is 0.759. The van der Waals surface area contributed by atoms with Gasteiger partial charge in [0.15, 0.2) is 0 Å². The third-order valence-corrected chi connectivity index (χ3v) is 3.73. The Morgan fingerprint density at radius 3 is 2.61 bits per heavy atom. The van der Waals surface area contributed by atoms with Gasteiger partial charge >= 0.3 is 0 Å². The van der Waals surface area contributed by atoms with E-state index in [4.69, 9.17) is 4.74 Å². The topological polar surface area (TPSA) is 36.9 Å². The van der Waals surface area contributed by atoms with E-state index in [1.54, 1.807) is 12.1 Å². The predicted octanol–water partition coefficient (Wildman–Crippen LogP) is 2.82. The third-order valence-electron chi connectivity index (χ3n) is 3.73. The summed E-state index contributed by atoms with van der Waals surface area (Å²) in [6.07, 6.45) is 0. The minimum Gasteiger partial charge on any atom is -0.488 e. The van der Waals surface area contributed by atoms with Gasteiger partial charge in [0.1, 0.15) is 24.0 Å². The van der Waals surface area contributed by atoms with Gasteiger partial charge < -0.3 is 15.0 Å². The summed E-state index contributed by atoms with van der Waals surface area (Å²) in [6.45, 7) is 1.78. The Morgan fingerprint density at radius 2 is 1.96 bits per heavy atom. The van der Waals surface area contributed by atoms with Crippen LogP contribution >= 0.6 is 0 Å². The summed E-state index contributed by atoms with van der Waals surface area (Å²) in [5.41, 5.74) is 2.58. The van der Waals surface area contributed by atoms with Crippen LogP contribution in [-0.2, 0) is 6.61 Å². The number of ether oxygens (including phenoxy) is 1. The van der Waals surface area contributed by atoms with Crippen molar-refractivity contribution in [2.45, 2.75) is 6.61 Å². The molecule has 1 aliphatic heterocycles. The van der Waals surface area contributed by atoms with E-state index in [2.05, 4.69) is 10.3 Å². The Balaban J connectivity index is 1.77. The molecule has 2 aromatic carbocycles. The van der Waals surface area contributed by atoms with Gasteiger partial charge in [0.25, 0.3) is 0 Å². The van der Waals surface area contributed by atoms with E-state index in [0.717, 1.165) is 17.8 Å². The molecule has 0 aromatic heterocycles. The van der Waals surface area contributed by atoms with E-state index in [9.17, 15) is 4.39 Å². The Bertz CT molecular complexity index is 711. The van der Waals surface area contributed by atoms with E-state index in [1.807, 2.05) is 43.3 Å². The van der Waals surface area contributed by atoms with Gasteiger partial charge in [0, 0.05) is 26.3 Å². The highest BCUT2D eigenvalue weighted by Gasteiger charge is 2.18. The Hall–Kier alpha value is -2.56. The van der Waals surface area contributed by atoms with Gasteiger partial charge in [-0.25, -0.2) is 4.39 Å². The van der Waals surface area contributed by atoms with Crippen LogP contribution in [0.4, 0.5) is 10.1 Å². The second kappa shape index (κ2) is 6.69. The molecule has 4 nitrogen and oxygen atoms in total. The molecule has 0 saturated heterocycles. The largest absolute Gasteiger partial charge is 0.488 e. The van der Waals surface area contributed by atoms with Crippen molar-refractivity contribution in [1.82, 2.24) is 5.32 Å². The average Bonchev–Trinajstić information content (AvgIpc) is 3.07. The van der Waals surface area contributed by atoms with Crippen LogP contribution in [0.5, 0.6) is 5.75 Å². The molecule has 0 radical (unpaired) electrons. The zero-order valence-electron chi connectivity index (χ0n) is 13.3. The van der Waals surface area contributed by atoms with Crippen LogP contribution in [0.25, 0.3) is 0 Å². The number of anilines is 1. The highest BCUT2D eigenvalue weighted by atomic mass is 19.1. The maximum atomic E-state index is 14.2. The molecule has 1 heterocycles. The smallest absolute Gasteiger partial charge is 0.137 e. The van der Waals surface area contributed by atoms with Gasteiger partial charge in [0.05, 0.1) is 12.1 Å². The van der Waals surface area contributed by atoms with Crippen LogP contribution in [-0.4, -0.2) is 33.0 Å². The fourth-order valence-electron chi connectivity index (χ4n) is 2.47. The summed E-state index contributed by atoms with van der Waals surface area (Å²) in [6, 6.07) is 12.9. The first-order chi connectivity index (χ1) is 11.1. The molecule has 0 bridgehead atoms. The number of halogens is 1. The first-order valence-corrected chi connectivity index (χ1v) is 7.61. The molecule has 2 aromatic rings. The lowest BCUT2D eigenvalue weighted by Gasteiger charge is -2.14. The van der Waals surface area contributed by atoms with Crippen molar-refractivity contribution in [2.24, 2.45) is 4.99 Å². The van der Waals surface area contributed by atoms with E-state index in [-0.39, 0.29) is 5.82 Å². The highest BCUT2D eigenvalue weighted by Crippen LogP contribution is 2.24. The van der Waals surface area contributed by atoms with Crippen LogP contribution in [0.15, 0.2) is 47.5 Å². The van der Waals surface area contributed by atoms with Crippen molar-refractivity contribution in [3.05, 3.63) is 59.4 Å². The van der Waals surface area contributed by atoms with Crippen molar-refractivity contribution in [3.63, 3.8) is 0 Å². The first kappa shape index (κ1) is 15.3. The Labute approximate surface area is 135 Å². The monoisotopic (exact) mass is 313 g/mol. The zero-order valence-corrected chi connectivity index (χ0v) is 13.3. The van der Waals surface area contributed by atoms with Crippen LogP contribution in [0.2, 0.25) is 0 Å². The van der Waals surface area contributed by atoms with E-state index in [0.29, 0.717) is 30.3 Å². The van der Waals surface area contributed by atoms with Gasteiger partial charge in [-0.2, -0.15) is 0 Å². The summed E-state index contributed by atoms with van der Waals surface area (Å²) >= 11 is 0. The quantitative estimate of drug-likeness (QED) is 0.922. The van der Waals surface area contributed by atoms with E-state index >= 15 is 0 Å². The number of benzene rings is 2. The van der Waals surface area contributed by atoms with Crippen LogP contribution in [0.3, 0.4) is 0 Å². The summed E-state index contributed by atoms with van der Waals surface area (Å²) in [4.78, 5) is 6.33. The van der Waals surface area contributed by atoms with Gasteiger partial charge in [-0.1, -0.05) is 18.2 Å². The maximum absolute atomic E-state index is 14.2. The van der Waals surface area contributed by atoms with Gasteiger partial charge in [-0.3, -0.25) is 4.99 Å². The minimum absolute atomic E-state index is 0.321. The molecule has 5 heteroatoms. The van der Waals surface area contributed by atoms with Crippen LogP contribution in [0, 0.1) is 5.82 Å². The minimum atomic E-state index is -0.321. The molecule has 0 spiro atoms. The van der Waals surface area contributed by atoms with Crippen LogP contribution < -0.4 is 15.0 Å². The van der Waals surface area contributed by atoms with Gasteiger partial charge in [-0.05, 0) is 29.8 Å².